The molecule has 0 heterocycles. The maximum atomic E-state index is 12.8. The number of hydrogen-bond donors (Lipinski definition) is 0. The second-order valence-electron chi connectivity index (χ2n) is 6.80. The third-order valence-electron chi connectivity index (χ3n) is 4.62. The molecule has 0 aliphatic rings. The average molecular weight is 423 g/mol. The number of carbonyl (C=O) groups excluding carboxylic acids is 2. The van der Waals surface area contributed by atoms with Crippen molar-refractivity contribution < 1.29 is 22.7 Å². The van der Waals surface area contributed by atoms with E-state index in [1.807, 2.05) is 6.92 Å². The van der Waals surface area contributed by atoms with Crippen LogP contribution in [0.3, 0.4) is 0 Å². The van der Waals surface area contributed by atoms with Gasteiger partial charge in [0.2, 0.25) is 0 Å². The molecule has 7 heteroatoms. The molecule has 3 rings (SSSR count). The van der Waals surface area contributed by atoms with Gasteiger partial charge in [-0.1, -0.05) is 17.7 Å². The van der Waals surface area contributed by atoms with Crippen molar-refractivity contribution in [1.29, 1.82) is 0 Å². The van der Waals surface area contributed by atoms with Crippen LogP contribution in [0, 0.1) is 6.92 Å². The first-order chi connectivity index (χ1) is 14.2. The molecule has 0 saturated carbocycles. The highest BCUT2D eigenvalue weighted by Crippen LogP contribution is 2.23. The highest BCUT2D eigenvalue weighted by molar-refractivity contribution is 7.92. The van der Waals surface area contributed by atoms with Crippen molar-refractivity contribution in [2.24, 2.45) is 0 Å². The van der Waals surface area contributed by atoms with Crippen LogP contribution in [0.2, 0.25) is 0 Å². The summed E-state index contributed by atoms with van der Waals surface area (Å²) in [7, 11) is -2.25. The Morgan fingerprint density at radius 2 is 1.33 bits per heavy atom. The van der Waals surface area contributed by atoms with E-state index >= 15 is 0 Å². The highest BCUT2D eigenvalue weighted by Gasteiger charge is 2.21. The predicted molar refractivity (Wildman–Crippen MR) is 115 cm³/mol. The number of benzene rings is 3. The van der Waals surface area contributed by atoms with E-state index in [1.54, 1.807) is 60.7 Å². The fraction of sp³-hybridized carbons (Fsp3) is 0.130. The Balaban J connectivity index is 1.74. The van der Waals surface area contributed by atoms with Gasteiger partial charge in [-0.15, -0.1) is 0 Å². The first-order valence-corrected chi connectivity index (χ1v) is 10.6. The van der Waals surface area contributed by atoms with E-state index in [0.717, 1.165) is 9.87 Å². The maximum Gasteiger partial charge on any atom is 0.343 e. The van der Waals surface area contributed by atoms with Gasteiger partial charge in [-0.2, -0.15) is 0 Å². The van der Waals surface area contributed by atoms with Gasteiger partial charge in [0.25, 0.3) is 10.0 Å². The summed E-state index contributed by atoms with van der Waals surface area (Å²) in [6.45, 7) is 3.34. The van der Waals surface area contributed by atoms with E-state index < -0.39 is 16.0 Å². The van der Waals surface area contributed by atoms with E-state index in [1.165, 1.54) is 26.1 Å². The van der Waals surface area contributed by atoms with Crippen LogP contribution in [0.1, 0.15) is 33.2 Å². The molecule has 0 spiro atoms. The molecular formula is C23H21NO5S. The molecule has 154 valence electrons. The zero-order chi connectivity index (χ0) is 21.9. The second-order valence-corrected chi connectivity index (χ2v) is 8.77. The summed E-state index contributed by atoms with van der Waals surface area (Å²) < 4.78 is 32.0. The van der Waals surface area contributed by atoms with Gasteiger partial charge in [0.15, 0.2) is 5.78 Å². The molecule has 0 unspecified atom stereocenters. The van der Waals surface area contributed by atoms with Crippen molar-refractivity contribution >= 4 is 27.5 Å². The predicted octanol–water partition coefficient (Wildman–Crippen LogP) is 4.24. The van der Waals surface area contributed by atoms with Gasteiger partial charge in [0, 0.05) is 12.6 Å². The standard InChI is InChI=1S/C23H21NO5S/c1-16-4-14-22(15-5-16)30(27,28)24(3)20-10-6-19(7-11-20)23(26)29-21-12-8-18(9-13-21)17(2)25/h4-15H,1-3H3. The molecule has 3 aromatic rings. The van der Waals surface area contributed by atoms with Crippen LogP contribution in [0.4, 0.5) is 5.69 Å². The van der Waals surface area contributed by atoms with Crippen LogP contribution in [-0.2, 0) is 10.0 Å². The minimum Gasteiger partial charge on any atom is -0.423 e. The maximum absolute atomic E-state index is 12.8. The molecule has 0 bridgehead atoms. The number of nitrogens with zero attached hydrogens (tertiary/aromatic N) is 1. The molecule has 0 radical (unpaired) electrons. The van der Waals surface area contributed by atoms with Crippen molar-refractivity contribution in [2.45, 2.75) is 18.7 Å². The SMILES string of the molecule is CC(=O)c1ccc(OC(=O)c2ccc(N(C)S(=O)(=O)c3ccc(C)cc3)cc2)cc1. The molecule has 0 N–H and O–H groups in total. The summed E-state index contributed by atoms with van der Waals surface area (Å²) in [4.78, 5) is 23.8. The molecule has 0 saturated heterocycles. The minimum atomic E-state index is -3.71. The van der Waals surface area contributed by atoms with Crippen molar-refractivity contribution in [3.05, 3.63) is 89.5 Å². The lowest BCUT2D eigenvalue weighted by Gasteiger charge is -2.19. The van der Waals surface area contributed by atoms with Crippen LogP contribution in [0.25, 0.3) is 0 Å². The van der Waals surface area contributed by atoms with Crippen molar-refractivity contribution in [2.75, 3.05) is 11.4 Å². The fourth-order valence-electron chi connectivity index (χ4n) is 2.74. The number of rotatable bonds is 6. The Kier molecular flexibility index (Phi) is 6.03. The Bertz CT molecular complexity index is 1170. The third-order valence-corrected chi connectivity index (χ3v) is 6.42. The van der Waals surface area contributed by atoms with Gasteiger partial charge in [0.05, 0.1) is 16.1 Å². The largest absolute Gasteiger partial charge is 0.423 e. The number of hydrogen-bond acceptors (Lipinski definition) is 5. The number of anilines is 1. The van der Waals surface area contributed by atoms with Gasteiger partial charge in [0.1, 0.15) is 5.75 Å². The van der Waals surface area contributed by atoms with Crippen molar-refractivity contribution in [3.8, 4) is 5.75 Å². The summed E-state index contributed by atoms with van der Waals surface area (Å²) in [5.74, 6) is -0.345. The topological polar surface area (TPSA) is 80.8 Å². The Morgan fingerprint density at radius 3 is 1.87 bits per heavy atom. The first-order valence-electron chi connectivity index (χ1n) is 9.17. The van der Waals surface area contributed by atoms with E-state index in [-0.39, 0.29) is 16.2 Å². The number of sulfonamides is 1. The Labute approximate surface area is 175 Å². The number of carbonyl (C=O) groups is 2. The smallest absolute Gasteiger partial charge is 0.343 e. The van der Waals surface area contributed by atoms with Gasteiger partial charge in [-0.25, -0.2) is 13.2 Å². The number of esters is 1. The molecule has 6 nitrogen and oxygen atoms in total. The zero-order valence-corrected chi connectivity index (χ0v) is 17.6. The number of Topliss-reactive ketones (excluding diaryl/α,β-unsaturated/α-hetero) is 1. The summed E-state index contributed by atoms with van der Waals surface area (Å²) in [5.41, 5.74) is 2.18. The monoisotopic (exact) mass is 423 g/mol. The summed E-state index contributed by atoms with van der Waals surface area (Å²) in [6.07, 6.45) is 0. The molecule has 0 atom stereocenters. The van der Waals surface area contributed by atoms with Crippen LogP contribution in [-0.4, -0.2) is 27.2 Å². The van der Waals surface area contributed by atoms with Gasteiger partial charge >= 0.3 is 5.97 Å². The van der Waals surface area contributed by atoms with Gasteiger partial charge in [-0.3, -0.25) is 9.10 Å². The second kappa shape index (κ2) is 8.51. The van der Waals surface area contributed by atoms with Crippen LogP contribution in [0.15, 0.2) is 77.7 Å². The minimum absolute atomic E-state index is 0.0758. The lowest BCUT2D eigenvalue weighted by Crippen LogP contribution is -2.26. The summed E-state index contributed by atoms with van der Waals surface area (Å²) in [6, 6.07) is 18.9. The lowest BCUT2D eigenvalue weighted by atomic mass is 10.1. The molecular weight excluding hydrogens is 402 g/mol. The molecule has 0 amide bonds. The molecule has 0 fully saturated rings. The third kappa shape index (κ3) is 4.58. The normalized spacial score (nSPS) is 11.0. The lowest BCUT2D eigenvalue weighted by molar-refractivity contribution is 0.0734. The first kappa shape index (κ1) is 21.3. The average Bonchev–Trinajstić information content (AvgIpc) is 2.74. The highest BCUT2D eigenvalue weighted by atomic mass is 32.2. The number of ketones is 1. The van der Waals surface area contributed by atoms with Crippen LogP contribution < -0.4 is 9.04 Å². The van der Waals surface area contributed by atoms with E-state index in [9.17, 15) is 18.0 Å². The number of ether oxygens (including phenoxy) is 1. The Morgan fingerprint density at radius 1 is 0.800 bits per heavy atom. The Hall–Kier alpha value is -3.45. The fourth-order valence-corrected chi connectivity index (χ4v) is 3.93. The quantitative estimate of drug-likeness (QED) is 0.336. The van der Waals surface area contributed by atoms with Crippen LogP contribution in [0.5, 0.6) is 5.75 Å². The molecule has 0 aliphatic heterocycles. The number of aryl methyl sites for hydroxylation is 1. The molecule has 3 aromatic carbocycles. The van der Waals surface area contributed by atoms with E-state index in [4.69, 9.17) is 4.74 Å². The van der Waals surface area contributed by atoms with E-state index in [0.29, 0.717) is 17.0 Å². The van der Waals surface area contributed by atoms with Crippen molar-refractivity contribution in [1.82, 2.24) is 0 Å². The van der Waals surface area contributed by atoms with Crippen molar-refractivity contribution in [3.63, 3.8) is 0 Å². The van der Waals surface area contributed by atoms with E-state index in [2.05, 4.69) is 0 Å². The van der Waals surface area contributed by atoms with Gasteiger partial charge < -0.3 is 4.74 Å². The van der Waals surface area contributed by atoms with Crippen LogP contribution >= 0.6 is 0 Å². The molecule has 0 aliphatic carbocycles. The summed E-state index contributed by atoms with van der Waals surface area (Å²) in [5, 5.41) is 0. The summed E-state index contributed by atoms with van der Waals surface area (Å²) >= 11 is 0. The zero-order valence-electron chi connectivity index (χ0n) is 16.8. The van der Waals surface area contributed by atoms with Gasteiger partial charge in [-0.05, 0) is 74.5 Å². The molecule has 0 aromatic heterocycles. The molecule has 30 heavy (non-hydrogen) atoms.